The molecule has 1 aromatic carbocycles. The van der Waals surface area contributed by atoms with Crippen molar-refractivity contribution in [1.29, 1.82) is 0 Å². The minimum absolute atomic E-state index is 0.125. The predicted molar refractivity (Wildman–Crippen MR) is 112 cm³/mol. The highest BCUT2D eigenvalue weighted by Crippen LogP contribution is 2.31. The molecule has 0 spiro atoms. The van der Waals surface area contributed by atoms with Crippen LogP contribution in [-0.2, 0) is 6.54 Å². The molecule has 0 atom stereocenters. The molecular formula is C19H24ClN5OS. The van der Waals surface area contributed by atoms with Gasteiger partial charge in [0.05, 0.1) is 10.2 Å². The van der Waals surface area contributed by atoms with Crippen LogP contribution in [0.3, 0.4) is 0 Å². The number of benzene rings is 1. The number of hydrogen-bond donors (Lipinski definition) is 0. The van der Waals surface area contributed by atoms with E-state index in [1.807, 2.05) is 31.3 Å². The Morgan fingerprint density at radius 1 is 1.19 bits per heavy atom. The number of likely N-dealkylation sites (N-methyl/N-ethyl adjacent to an activating group) is 1. The zero-order valence-corrected chi connectivity index (χ0v) is 17.4. The molecule has 0 N–H and O–H groups in total. The molecule has 0 aliphatic carbocycles. The second-order valence-electron chi connectivity index (χ2n) is 6.15. The standard InChI is InChI=1S/C19H24ClN5OS/c1-4-23(5-2)11-12-25(18(26)16-9-10-24(6-3)22-16)19-21-15-8-7-14(20)13-17(15)27-19/h7-10,13H,4-6,11-12H2,1-3H3. The molecule has 0 bridgehead atoms. The van der Waals surface area contributed by atoms with Gasteiger partial charge in [-0.2, -0.15) is 5.10 Å². The van der Waals surface area contributed by atoms with Crippen LogP contribution in [0.5, 0.6) is 0 Å². The highest BCUT2D eigenvalue weighted by molar-refractivity contribution is 7.22. The average Bonchev–Trinajstić information content (AvgIpc) is 3.31. The predicted octanol–water partition coefficient (Wildman–Crippen LogP) is 4.15. The molecule has 0 unspecified atom stereocenters. The summed E-state index contributed by atoms with van der Waals surface area (Å²) < 4.78 is 2.73. The summed E-state index contributed by atoms with van der Waals surface area (Å²) in [6, 6.07) is 7.35. The molecule has 8 heteroatoms. The fourth-order valence-corrected chi connectivity index (χ4v) is 4.12. The number of aromatic nitrogens is 3. The van der Waals surface area contributed by atoms with Gasteiger partial charge >= 0.3 is 0 Å². The maximum Gasteiger partial charge on any atom is 0.280 e. The molecule has 3 rings (SSSR count). The number of carbonyl (C=O) groups is 1. The topological polar surface area (TPSA) is 54.3 Å². The molecule has 0 fully saturated rings. The van der Waals surface area contributed by atoms with Crippen molar-refractivity contribution < 1.29 is 4.79 Å². The second-order valence-corrected chi connectivity index (χ2v) is 7.59. The highest BCUT2D eigenvalue weighted by Gasteiger charge is 2.23. The van der Waals surface area contributed by atoms with E-state index in [2.05, 4.69) is 28.8 Å². The number of amides is 1. The van der Waals surface area contributed by atoms with Gasteiger partial charge in [0.15, 0.2) is 10.8 Å². The van der Waals surface area contributed by atoms with Crippen molar-refractivity contribution in [3.05, 3.63) is 41.2 Å². The first-order chi connectivity index (χ1) is 13.0. The maximum atomic E-state index is 13.2. The number of aryl methyl sites for hydroxylation is 1. The van der Waals surface area contributed by atoms with Gasteiger partial charge in [0, 0.05) is 30.9 Å². The Hall–Kier alpha value is -1.96. The molecule has 0 radical (unpaired) electrons. The lowest BCUT2D eigenvalue weighted by Gasteiger charge is -2.24. The Morgan fingerprint density at radius 2 is 1.96 bits per heavy atom. The van der Waals surface area contributed by atoms with E-state index in [9.17, 15) is 4.79 Å². The van der Waals surface area contributed by atoms with Crippen LogP contribution in [0.25, 0.3) is 10.2 Å². The van der Waals surface area contributed by atoms with Crippen molar-refractivity contribution in [2.45, 2.75) is 27.3 Å². The zero-order valence-electron chi connectivity index (χ0n) is 15.9. The summed E-state index contributed by atoms with van der Waals surface area (Å²) in [7, 11) is 0. The van der Waals surface area contributed by atoms with Crippen LogP contribution < -0.4 is 4.90 Å². The van der Waals surface area contributed by atoms with Gasteiger partial charge in [0.25, 0.3) is 5.91 Å². The van der Waals surface area contributed by atoms with Crippen molar-refractivity contribution in [2.75, 3.05) is 31.1 Å². The minimum Gasteiger partial charge on any atom is -0.302 e. The third-order valence-electron chi connectivity index (χ3n) is 4.53. The quantitative estimate of drug-likeness (QED) is 0.564. The summed E-state index contributed by atoms with van der Waals surface area (Å²) in [5, 5.41) is 5.72. The first-order valence-corrected chi connectivity index (χ1v) is 10.4. The molecular weight excluding hydrogens is 382 g/mol. The van der Waals surface area contributed by atoms with Crippen LogP contribution in [0, 0.1) is 0 Å². The van der Waals surface area contributed by atoms with Crippen LogP contribution in [0.1, 0.15) is 31.3 Å². The van der Waals surface area contributed by atoms with Crippen LogP contribution in [0.2, 0.25) is 5.02 Å². The van der Waals surface area contributed by atoms with E-state index in [0.29, 0.717) is 22.4 Å². The largest absolute Gasteiger partial charge is 0.302 e. The maximum absolute atomic E-state index is 13.2. The monoisotopic (exact) mass is 405 g/mol. The summed E-state index contributed by atoms with van der Waals surface area (Å²) in [5.41, 5.74) is 1.29. The summed E-state index contributed by atoms with van der Waals surface area (Å²) in [6.45, 7) is 10.2. The molecule has 1 amide bonds. The Bertz CT molecular complexity index is 918. The van der Waals surface area contributed by atoms with E-state index in [1.54, 1.807) is 15.6 Å². The summed E-state index contributed by atoms with van der Waals surface area (Å²) in [5.74, 6) is -0.125. The Balaban J connectivity index is 1.93. The first-order valence-electron chi connectivity index (χ1n) is 9.19. The number of nitrogens with zero attached hydrogens (tertiary/aromatic N) is 5. The molecule has 3 aromatic rings. The number of halogens is 1. The summed E-state index contributed by atoms with van der Waals surface area (Å²) >= 11 is 7.58. The van der Waals surface area contributed by atoms with Gasteiger partial charge in [-0.15, -0.1) is 0 Å². The van der Waals surface area contributed by atoms with E-state index in [1.165, 1.54) is 11.3 Å². The van der Waals surface area contributed by atoms with Crippen LogP contribution in [0.4, 0.5) is 5.13 Å². The molecule has 2 heterocycles. The smallest absolute Gasteiger partial charge is 0.280 e. The third-order valence-corrected chi connectivity index (χ3v) is 5.81. The number of thiazole rings is 1. The molecule has 0 aliphatic rings. The summed E-state index contributed by atoms with van der Waals surface area (Å²) in [4.78, 5) is 21.9. The highest BCUT2D eigenvalue weighted by atomic mass is 35.5. The Kier molecular flexibility index (Phi) is 6.46. The van der Waals surface area contributed by atoms with Gasteiger partial charge in [0.2, 0.25) is 0 Å². The Morgan fingerprint density at radius 3 is 2.63 bits per heavy atom. The lowest BCUT2D eigenvalue weighted by atomic mass is 10.3. The molecule has 2 aromatic heterocycles. The van der Waals surface area contributed by atoms with Crippen LogP contribution >= 0.6 is 22.9 Å². The molecule has 27 heavy (non-hydrogen) atoms. The van der Waals surface area contributed by atoms with E-state index >= 15 is 0 Å². The lowest BCUT2D eigenvalue weighted by molar-refractivity contribution is 0.0978. The van der Waals surface area contributed by atoms with Gasteiger partial charge in [-0.05, 0) is 44.3 Å². The van der Waals surface area contributed by atoms with Gasteiger partial charge in [-0.1, -0.05) is 36.8 Å². The number of hydrogen-bond acceptors (Lipinski definition) is 5. The zero-order chi connectivity index (χ0) is 19.4. The fourth-order valence-electron chi connectivity index (χ4n) is 2.86. The van der Waals surface area contributed by atoms with Crippen molar-refractivity contribution in [3.8, 4) is 0 Å². The van der Waals surface area contributed by atoms with Crippen LogP contribution in [0.15, 0.2) is 30.5 Å². The number of carbonyl (C=O) groups excluding carboxylic acids is 1. The molecule has 144 valence electrons. The van der Waals surface area contributed by atoms with Gasteiger partial charge in [-0.3, -0.25) is 14.4 Å². The first kappa shape index (κ1) is 19.8. The minimum atomic E-state index is -0.125. The van der Waals surface area contributed by atoms with Crippen molar-refractivity contribution in [1.82, 2.24) is 19.7 Å². The van der Waals surface area contributed by atoms with Gasteiger partial charge in [0.1, 0.15) is 0 Å². The molecule has 0 saturated carbocycles. The molecule has 0 aliphatic heterocycles. The second kappa shape index (κ2) is 8.82. The van der Waals surface area contributed by atoms with E-state index < -0.39 is 0 Å². The average molecular weight is 406 g/mol. The SMILES string of the molecule is CCN(CC)CCN(C(=O)c1ccn(CC)n1)c1nc2ccc(Cl)cc2s1. The van der Waals surface area contributed by atoms with E-state index in [-0.39, 0.29) is 5.91 Å². The van der Waals surface area contributed by atoms with Crippen molar-refractivity contribution >= 4 is 44.2 Å². The number of fused-ring (bicyclic) bond motifs is 1. The number of anilines is 1. The number of rotatable bonds is 8. The van der Waals surface area contributed by atoms with Crippen molar-refractivity contribution in [3.63, 3.8) is 0 Å². The molecule has 0 saturated heterocycles. The van der Waals surface area contributed by atoms with Gasteiger partial charge < -0.3 is 4.90 Å². The van der Waals surface area contributed by atoms with E-state index in [0.717, 1.165) is 36.4 Å². The third kappa shape index (κ3) is 4.48. The normalized spacial score (nSPS) is 11.4. The van der Waals surface area contributed by atoms with Gasteiger partial charge in [-0.25, -0.2) is 4.98 Å². The molecule has 6 nitrogen and oxygen atoms in total. The summed E-state index contributed by atoms with van der Waals surface area (Å²) in [6.07, 6.45) is 1.83. The Labute approximate surface area is 168 Å². The fraction of sp³-hybridized carbons (Fsp3) is 0.421. The lowest BCUT2D eigenvalue weighted by Crippen LogP contribution is -2.39. The van der Waals surface area contributed by atoms with Crippen LogP contribution in [-0.4, -0.2) is 51.8 Å². The van der Waals surface area contributed by atoms with Crippen molar-refractivity contribution in [2.24, 2.45) is 0 Å². The van der Waals surface area contributed by atoms with E-state index in [4.69, 9.17) is 11.6 Å².